The van der Waals surface area contributed by atoms with Gasteiger partial charge in [0, 0.05) is 12.5 Å². The Morgan fingerprint density at radius 2 is 1.50 bits per heavy atom. The Balaban J connectivity index is 2.31. The van der Waals surface area contributed by atoms with Crippen molar-refractivity contribution >= 4 is 16.0 Å². The fourth-order valence-electron chi connectivity index (χ4n) is 3.35. The van der Waals surface area contributed by atoms with E-state index in [0.29, 0.717) is 5.56 Å². The first kappa shape index (κ1) is 27.6. The highest BCUT2D eigenvalue weighted by Crippen LogP contribution is 2.40. The molecule has 0 aromatic heterocycles. The van der Waals surface area contributed by atoms with Gasteiger partial charge in [-0.1, -0.05) is 31.2 Å². The number of hydrogen-bond acceptors (Lipinski definition) is 3. The lowest BCUT2D eigenvalue weighted by Crippen LogP contribution is -2.36. The number of carboxylic acid groups (broad SMARTS) is 1. The van der Waals surface area contributed by atoms with Crippen LogP contribution in [0.25, 0.3) is 0 Å². The topological polar surface area (TPSA) is 83.5 Å². The van der Waals surface area contributed by atoms with Crippen molar-refractivity contribution in [2.24, 2.45) is 0 Å². The zero-order valence-electron chi connectivity index (χ0n) is 17.9. The van der Waals surface area contributed by atoms with Crippen LogP contribution in [0.15, 0.2) is 53.4 Å². The molecule has 0 amide bonds. The van der Waals surface area contributed by atoms with Gasteiger partial charge in [-0.2, -0.15) is 22.0 Å². The second-order valence-electron chi connectivity index (χ2n) is 7.69. The number of rotatable bonds is 11. The Bertz CT molecular complexity index is 1070. The molecule has 0 saturated heterocycles. The van der Waals surface area contributed by atoms with Gasteiger partial charge < -0.3 is 5.11 Å². The molecular weight excluding hydrogens is 488 g/mol. The van der Waals surface area contributed by atoms with Crippen molar-refractivity contribution < 1.29 is 44.7 Å². The lowest BCUT2D eigenvalue weighted by atomic mass is 9.93. The first-order valence-electron chi connectivity index (χ1n) is 10.2. The van der Waals surface area contributed by atoms with Gasteiger partial charge in [0.1, 0.15) is 5.82 Å². The first-order valence-corrected chi connectivity index (χ1v) is 11.7. The van der Waals surface area contributed by atoms with Gasteiger partial charge in [0.05, 0.1) is 10.8 Å². The van der Waals surface area contributed by atoms with E-state index in [1.54, 1.807) is 6.92 Å². The van der Waals surface area contributed by atoms with Crippen molar-refractivity contribution in [3.05, 3.63) is 65.5 Å². The van der Waals surface area contributed by atoms with E-state index in [2.05, 4.69) is 4.72 Å². The normalized spacial score (nSPS) is 14.6. The molecule has 0 aliphatic heterocycles. The third-order valence-electron chi connectivity index (χ3n) is 5.27. The van der Waals surface area contributed by atoms with Crippen LogP contribution in [0.1, 0.15) is 55.7 Å². The van der Waals surface area contributed by atoms with Gasteiger partial charge in [-0.25, -0.2) is 17.5 Å². The van der Waals surface area contributed by atoms with E-state index in [1.807, 2.05) is 0 Å². The average molecular weight is 511 g/mol. The Kier molecular flexibility index (Phi) is 8.75. The standard InChI is InChI=1S/C22H23F6NO4S/c1-2-18(20(30)31)14-5-7-15(8-6-14)19(4-3-13-21(24,25)22(26,27)28)29-34(32,33)17-11-9-16(23)10-12-17/h5-12,18-19,29H,2-4,13H2,1H3,(H,30,31). The number of aliphatic carboxylic acids is 1. The van der Waals surface area contributed by atoms with Crippen molar-refractivity contribution in [1.29, 1.82) is 0 Å². The molecule has 188 valence electrons. The van der Waals surface area contributed by atoms with Crippen LogP contribution >= 0.6 is 0 Å². The summed E-state index contributed by atoms with van der Waals surface area (Å²) in [5, 5.41) is 9.28. The van der Waals surface area contributed by atoms with Crippen LogP contribution in [-0.2, 0) is 14.8 Å². The molecule has 2 aromatic rings. The third kappa shape index (κ3) is 6.95. The van der Waals surface area contributed by atoms with Crippen LogP contribution < -0.4 is 4.72 Å². The number of benzene rings is 2. The van der Waals surface area contributed by atoms with Crippen LogP contribution in [0.4, 0.5) is 26.3 Å². The van der Waals surface area contributed by atoms with Crippen LogP contribution in [0, 0.1) is 5.82 Å². The van der Waals surface area contributed by atoms with Gasteiger partial charge in [0.15, 0.2) is 0 Å². The molecule has 0 bridgehead atoms. The minimum absolute atomic E-state index is 0.241. The number of nitrogens with one attached hydrogen (secondary N) is 1. The van der Waals surface area contributed by atoms with E-state index < -0.39 is 65.1 Å². The van der Waals surface area contributed by atoms with Crippen LogP contribution in [-0.4, -0.2) is 31.6 Å². The molecule has 34 heavy (non-hydrogen) atoms. The van der Waals surface area contributed by atoms with Crippen LogP contribution in [0.2, 0.25) is 0 Å². The van der Waals surface area contributed by atoms with E-state index in [9.17, 15) is 44.7 Å². The van der Waals surface area contributed by atoms with Gasteiger partial charge in [-0.3, -0.25) is 4.79 Å². The number of halogens is 6. The minimum atomic E-state index is -5.73. The zero-order chi connectivity index (χ0) is 25.7. The molecule has 0 aliphatic rings. The molecule has 2 atom stereocenters. The number of alkyl halides is 5. The lowest BCUT2D eigenvalue weighted by molar-refractivity contribution is -0.284. The second kappa shape index (κ2) is 10.8. The van der Waals surface area contributed by atoms with E-state index in [4.69, 9.17) is 0 Å². The second-order valence-corrected chi connectivity index (χ2v) is 9.40. The smallest absolute Gasteiger partial charge is 0.453 e. The summed E-state index contributed by atoms with van der Waals surface area (Å²) in [4.78, 5) is 11.0. The highest BCUT2D eigenvalue weighted by Gasteiger charge is 2.56. The maximum absolute atomic E-state index is 13.3. The minimum Gasteiger partial charge on any atom is -0.481 e. The molecule has 0 radical (unpaired) electrons. The summed E-state index contributed by atoms with van der Waals surface area (Å²) in [7, 11) is -4.28. The molecule has 0 fully saturated rings. The van der Waals surface area contributed by atoms with Gasteiger partial charge in [-0.15, -0.1) is 0 Å². The average Bonchev–Trinajstić information content (AvgIpc) is 2.73. The molecule has 0 spiro atoms. The molecular formula is C22H23F6NO4S. The quantitative estimate of drug-likeness (QED) is 0.374. The lowest BCUT2D eigenvalue weighted by Gasteiger charge is -2.23. The number of carboxylic acids is 1. The van der Waals surface area contributed by atoms with Crippen molar-refractivity contribution in [2.45, 2.75) is 61.6 Å². The zero-order valence-corrected chi connectivity index (χ0v) is 18.8. The summed E-state index contributed by atoms with van der Waals surface area (Å²) in [6.45, 7) is 1.66. The molecule has 2 unspecified atom stereocenters. The predicted molar refractivity (Wildman–Crippen MR) is 111 cm³/mol. The van der Waals surface area contributed by atoms with Crippen molar-refractivity contribution in [2.75, 3.05) is 0 Å². The molecule has 0 aliphatic carbocycles. The number of carbonyl (C=O) groups is 1. The largest absolute Gasteiger partial charge is 0.481 e. The highest BCUT2D eigenvalue weighted by molar-refractivity contribution is 7.89. The highest BCUT2D eigenvalue weighted by atomic mass is 32.2. The van der Waals surface area contributed by atoms with E-state index in [1.165, 1.54) is 24.3 Å². The maximum Gasteiger partial charge on any atom is 0.453 e. The van der Waals surface area contributed by atoms with Gasteiger partial charge in [0.25, 0.3) is 0 Å². The Morgan fingerprint density at radius 3 is 1.97 bits per heavy atom. The maximum atomic E-state index is 13.3. The summed E-state index contributed by atoms with van der Waals surface area (Å²) in [6, 6.07) is 8.21. The van der Waals surface area contributed by atoms with Gasteiger partial charge >= 0.3 is 18.1 Å². The number of hydrogen-bond donors (Lipinski definition) is 2. The van der Waals surface area contributed by atoms with Crippen LogP contribution in [0.5, 0.6) is 0 Å². The summed E-state index contributed by atoms with van der Waals surface area (Å²) in [5.41, 5.74) is 0.660. The van der Waals surface area contributed by atoms with E-state index in [0.717, 1.165) is 24.3 Å². The van der Waals surface area contributed by atoms with Crippen molar-refractivity contribution in [1.82, 2.24) is 4.72 Å². The van der Waals surface area contributed by atoms with Crippen molar-refractivity contribution in [3.63, 3.8) is 0 Å². The Labute approximate surface area is 192 Å². The monoisotopic (exact) mass is 511 g/mol. The molecule has 5 nitrogen and oxygen atoms in total. The fraction of sp³-hybridized carbons (Fsp3) is 0.409. The molecule has 0 heterocycles. The van der Waals surface area contributed by atoms with E-state index in [-0.39, 0.29) is 16.9 Å². The molecule has 0 saturated carbocycles. The predicted octanol–water partition coefficient (Wildman–Crippen LogP) is 5.79. The van der Waals surface area contributed by atoms with E-state index >= 15 is 0 Å². The first-order chi connectivity index (χ1) is 15.7. The van der Waals surface area contributed by atoms with Gasteiger partial charge in [-0.05, 0) is 54.7 Å². The summed E-state index contributed by atoms with van der Waals surface area (Å²) in [5.74, 6) is -7.52. The SMILES string of the molecule is CCC(C(=O)O)c1ccc(C(CCCC(F)(F)C(F)(F)F)NS(=O)(=O)c2ccc(F)cc2)cc1. The van der Waals surface area contributed by atoms with Crippen molar-refractivity contribution in [3.8, 4) is 0 Å². The summed E-state index contributed by atoms with van der Waals surface area (Å²) >= 11 is 0. The summed E-state index contributed by atoms with van der Waals surface area (Å²) in [6.07, 6.45) is -8.06. The Morgan fingerprint density at radius 1 is 0.971 bits per heavy atom. The van der Waals surface area contributed by atoms with Gasteiger partial charge in [0.2, 0.25) is 10.0 Å². The fourth-order valence-corrected chi connectivity index (χ4v) is 4.61. The molecule has 2 N–H and O–H groups in total. The summed E-state index contributed by atoms with van der Waals surface area (Å²) < 4.78 is 105. The Hall–Kier alpha value is -2.60. The molecule has 12 heteroatoms. The third-order valence-corrected chi connectivity index (χ3v) is 6.75. The molecule has 2 rings (SSSR count). The molecule has 2 aromatic carbocycles. The number of sulfonamides is 1. The van der Waals surface area contributed by atoms with Crippen LogP contribution in [0.3, 0.4) is 0 Å².